The highest BCUT2D eigenvalue weighted by molar-refractivity contribution is 7.89. The molecule has 4 aliphatic rings. The molecule has 4 atom stereocenters. The number of ether oxygens (including phenoxy) is 4. The van der Waals surface area contributed by atoms with E-state index in [9.17, 15) is 71.1 Å². The Morgan fingerprint density at radius 3 is 1.29 bits per heavy atom. The lowest BCUT2D eigenvalue weighted by Gasteiger charge is -2.46. The molecule has 4 heterocycles. The van der Waals surface area contributed by atoms with Crippen LogP contribution in [0.15, 0.2) is 84.2 Å². The van der Waals surface area contributed by atoms with E-state index in [1.807, 2.05) is 0 Å². The number of anilines is 2. The summed E-state index contributed by atoms with van der Waals surface area (Å²) >= 11 is 0. The number of halogens is 10. The Bertz CT molecular complexity index is 3150. The molecule has 0 unspecified atom stereocenters. The van der Waals surface area contributed by atoms with Gasteiger partial charge in [-0.15, -0.1) is 0 Å². The van der Waals surface area contributed by atoms with Crippen LogP contribution in [-0.4, -0.2) is 139 Å². The number of allylic oxidation sites excluding steroid dienone is 2. The standard InChI is InChI=1S/2C25H24F5N3O6S/c2*1-38-22-9-16(14-2-3-18(26)17(8-14)25(28,29)30)19(27)10-21(22)33-20-4-6-32(11-23(20)39-12-24(33)35)40(36,37)13-15(31)5-7-34/h2*2-3,5,7-10,20,23H,4,6,11-13,31H2,1H3/t2*20-,23-/m10/s1. The highest BCUT2D eigenvalue weighted by Crippen LogP contribution is 2.44. The Morgan fingerprint density at radius 2 is 0.963 bits per heavy atom. The second-order valence-electron chi connectivity index (χ2n) is 18.3. The van der Waals surface area contributed by atoms with Crippen LogP contribution in [0.4, 0.5) is 55.3 Å². The Balaban J connectivity index is 0.000000231. The molecule has 0 spiro atoms. The SMILES string of the molecule is COc1cc(-c2ccc(F)c(C(F)(F)F)c2)c(F)cc1N1C(=O)CO[C@@H]2CN(S(=O)(=O)CC(N)=CC=O)CC[C@H]21.COc1cc(-c2ccc(F)c(C(F)(F)F)c2)c(F)cc1N1C(=O)CO[C@H]2CN(S(=O)(=O)CC(N)=CC=O)CC[C@@H]21. The number of morpholine rings is 2. The monoisotopic (exact) mass is 1180 g/mol. The molecule has 4 saturated heterocycles. The van der Waals surface area contributed by atoms with Gasteiger partial charge in [-0.25, -0.2) is 34.4 Å². The molecule has 4 aliphatic heterocycles. The molecule has 4 fully saturated rings. The van der Waals surface area contributed by atoms with Crippen molar-refractivity contribution in [2.24, 2.45) is 11.5 Å². The lowest BCUT2D eigenvalue weighted by molar-refractivity contribution is -0.140. The maximum atomic E-state index is 15.4. The van der Waals surface area contributed by atoms with E-state index >= 15 is 8.78 Å². The molecule has 8 rings (SSSR count). The molecular formula is C50H48F10N6O12S2. The lowest BCUT2D eigenvalue weighted by atomic mass is 9.97. The first-order valence-corrected chi connectivity index (χ1v) is 26.9. The molecule has 2 amide bonds. The summed E-state index contributed by atoms with van der Waals surface area (Å²) in [6.07, 6.45) is -8.85. The number of nitrogens with two attached hydrogens (primary N) is 2. The van der Waals surface area contributed by atoms with Gasteiger partial charge in [-0.05, 0) is 72.5 Å². The molecule has 0 bridgehead atoms. The number of piperidine rings is 2. The van der Waals surface area contributed by atoms with Crippen LogP contribution in [0, 0.1) is 23.3 Å². The normalized spacial score (nSPS) is 20.8. The summed E-state index contributed by atoms with van der Waals surface area (Å²) in [6.45, 7) is -1.29. The fourth-order valence-electron chi connectivity index (χ4n) is 9.59. The average Bonchev–Trinajstić information content (AvgIpc) is 3.56. The zero-order chi connectivity index (χ0) is 58.8. The fraction of sp³-hybridized carbons (Fsp3) is 0.360. The van der Waals surface area contributed by atoms with Crippen molar-refractivity contribution in [3.8, 4) is 33.8 Å². The molecule has 4 aromatic rings. The third-order valence-electron chi connectivity index (χ3n) is 13.3. The van der Waals surface area contributed by atoms with Crippen LogP contribution in [-0.2, 0) is 61.1 Å². The summed E-state index contributed by atoms with van der Waals surface area (Å²) in [5.41, 5.74) is 6.52. The highest BCUT2D eigenvalue weighted by atomic mass is 32.2. The maximum Gasteiger partial charge on any atom is 0.419 e. The number of alkyl halides is 6. The molecular weight excluding hydrogens is 1130 g/mol. The number of methoxy groups -OCH3 is 2. The number of amides is 2. The van der Waals surface area contributed by atoms with Crippen molar-refractivity contribution in [3.63, 3.8) is 0 Å². The quantitative estimate of drug-likeness (QED) is 0.0879. The first kappa shape index (κ1) is 60.5. The van der Waals surface area contributed by atoms with Gasteiger partial charge in [0.25, 0.3) is 11.8 Å². The van der Waals surface area contributed by atoms with E-state index in [2.05, 4.69) is 0 Å². The van der Waals surface area contributed by atoms with Crippen LogP contribution >= 0.6 is 0 Å². The third-order valence-corrected chi connectivity index (χ3v) is 16.9. The van der Waals surface area contributed by atoms with Crippen molar-refractivity contribution in [2.75, 3.05) is 74.9 Å². The smallest absolute Gasteiger partial charge is 0.419 e. The summed E-state index contributed by atoms with van der Waals surface area (Å²) in [5.74, 6) is -7.44. The van der Waals surface area contributed by atoms with Crippen molar-refractivity contribution < 1.29 is 98.9 Å². The summed E-state index contributed by atoms with van der Waals surface area (Å²) in [6, 6.07) is 6.74. The number of aldehydes is 2. The summed E-state index contributed by atoms with van der Waals surface area (Å²) < 4.78 is 213. The van der Waals surface area contributed by atoms with E-state index in [0.717, 1.165) is 57.2 Å². The van der Waals surface area contributed by atoms with Crippen molar-refractivity contribution >= 4 is 55.8 Å². The Labute approximate surface area is 450 Å². The Kier molecular flexibility index (Phi) is 18.1. The predicted molar refractivity (Wildman–Crippen MR) is 265 cm³/mol. The van der Waals surface area contributed by atoms with Gasteiger partial charge in [-0.2, -0.15) is 35.0 Å². The molecule has 4 aromatic carbocycles. The van der Waals surface area contributed by atoms with Crippen LogP contribution < -0.4 is 30.7 Å². The number of hydrogen-bond donors (Lipinski definition) is 2. The molecule has 0 aromatic heterocycles. The number of benzene rings is 4. The molecule has 30 heteroatoms. The van der Waals surface area contributed by atoms with Gasteiger partial charge in [0.15, 0.2) is 0 Å². The number of carbonyl (C=O) groups is 4. The Hall–Kier alpha value is -7.12. The van der Waals surface area contributed by atoms with Crippen molar-refractivity contribution in [2.45, 2.75) is 49.5 Å². The average molecular weight is 1180 g/mol. The van der Waals surface area contributed by atoms with Crippen LogP contribution in [0.25, 0.3) is 22.3 Å². The number of nitrogens with zero attached hydrogens (tertiary/aromatic N) is 4. The minimum Gasteiger partial charge on any atom is -0.495 e. The van der Waals surface area contributed by atoms with Gasteiger partial charge in [0.1, 0.15) is 72.1 Å². The van der Waals surface area contributed by atoms with E-state index in [1.54, 1.807) is 0 Å². The first-order valence-electron chi connectivity index (χ1n) is 23.6. The van der Waals surface area contributed by atoms with E-state index in [1.165, 1.54) is 24.0 Å². The topological polar surface area (TPSA) is 238 Å². The molecule has 0 saturated carbocycles. The second kappa shape index (κ2) is 23.9. The molecule has 0 radical (unpaired) electrons. The Morgan fingerprint density at radius 1 is 0.600 bits per heavy atom. The fourth-order valence-corrected chi connectivity index (χ4v) is 12.5. The van der Waals surface area contributed by atoms with Gasteiger partial charge in [0.05, 0.1) is 61.0 Å². The van der Waals surface area contributed by atoms with Crippen molar-refractivity contribution in [1.82, 2.24) is 8.61 Å². The van der Waals surface area contributed by atoms with Gasteiger partial charge in [-0.1, -0.05) is 12.1 Å². The maximum absolute atomic E-state index is 15.4. The second-order valence-corrected chi connectivity index (χ2v) is 22.3. The van der Waals surface area contributed by atoms with E-state index in [-0.39, 0.29) is 95.5 Å². The molecule has 432 valence electrons. The van der Waals surface area contributed by atoms with Crippen LogP contribution in [0.1, 0.15) is 24.0 Å². The van der Waals surface area contributed by atoms with Gasteiger partial charge >= 0.3 is 12.4 Å². The molecule has 18 nitrogen and oxygen atoms in total. The van der Waals surface area contributed by atoms with Crippen LogP contribution in [0.2, 0.25) is 0 Å². The number of sulfonamides is 2. The largest absolute Gasteiger partial charge is 0.495 e. The predicted octanol–water partition coefficient (Wildman–Crippen LogP) is 5.67. The minimum atomic E-state index is -5.01. The molecule has 4 N–H and O–H groups in total. The number of rotatable bonds is 14. The summed E-state index contributed by atoms with van der Waals surface area (Å²) in [7, 11) is -5.39. The first-order chi connectivity index (χ1) is 37.5. The minimum absolute atomic E-state index is 0.0281. The van der Waals surface area contributed by atoms with E-state index in [4.69, 9.17) is 30.4 Å². The van der Waals surface area contributed by atoms with E-state index < -0.39 is 128 Å². The number of hydrogen-bond acceptors (Lipinski definition) is 14. The molecule has 80 heavy (non-hydrogen) atoms. The third kappa shape index (κ3) is 13.0. The molecule has 0 aliphatic carbocycles. The summed E-state index contributed by atoms with van der Waals surface area (Å²) in [5, 5.41) is 0. The van der Waals surface area contributed by atoms with Crippen LogP contribution in [0.3, 0.4) is 0 Å². The lowest BCUT2D eigenvalue weighted by Crippen LogP contribution is -2.62. The summed E-state index contributed by atoms with van der Waals surface area (Å²) in [4.78, 5) is 49.5. The number of carbonyl (C=O) groups excluding carboxylic acids is 4. The van der Waals surface area contributed by atoms with Gasteiger partial charge < -0.3 is 40.2 Å². The van der Waals surface area contributed by atoms with Gasteiger partial charge in [0, 0.05) is 60.8 Å². The van der Waals surface area contributed by atoms with Gasteiger partial charge in [-0.3, -0.25) is 19.2 Å². The highest BCUT2D eigenvalue weighted by Gasteiger charge is 2.47. The van der Waals surface area contributed by atoms with Crippen LogP contribution in [0.5, 0.6) is 11.5 Å². The zero-order valence-electron chi connectivity index (χ0n) is 41.9. The zero-order valence-corrected chi connectivity index (χ0v) is 43.5. The van der Waals surface area contributed by atoms with Crippen molar-refractivity contribution in [3.05, 3.63) is 119 Å². The van der Waals surface area contributed by atoms with Gasteiger partial charge in [0.2, 0.25) is 20.0 Å². The number of fused-ring (bicyclic) bond motifs is 2. The van der Waals surface area contributed by atoms with E-state index in [0.29, 0.717) is 36.8 Å². The van der Waals surface area contributed by atoms with Crippen molar-refractivity contribution in [1.29, 1.82) is 0 Å².